The lowest BCUT2D eigenvalue weighted by atomic mass is 10.2. The molecule has 24 heavy (non-hydrogen) atoms. The molecule has 2 rings (SSSR count). The summed E-state index contributed by atoms with van der Waals surface area (Å²) in [4.78, 5) is 26.6. The highest BCUT2D eigenvalue weighted by Gasteiger charge is 2.31. The molecule has 1 aliphatic rings. The van der Waals surface area contributed by atoms with Crippen molar-refractivity contribution in [2.24, 2.45) is 0 Å². The smallest absolute Gasteiger partial charge is 0.281 e. The second kappa shape index (κ2) is 7.04. The molecule has 0 aliphatic carbocycles. The molecule has 0 saturated carbocycles. The Kier molecular flexibility index (Phi) is 5.46. The van der Waals surface area contributed by atoms with Gasteiger partial charge in [0.25, 0.3) is 21.7 Å². The van der Waals surface area contributed by atoms with Gasteiger partial charge in [-0.25, -0.2) is 0 Å². The van der Waals surface area contributed by atoms with Gasteiger partial charge in [0.2, 0.25) is 0 Å². The summed E-state index contributed by atoms with van der Waals surface area (Å²) in [6, 6.07) is 3.31. The zero-order valence-corrected chi connectivity index (χ0v) is 15.3. The number of amides is 1. The number of hydrogen-bond donors (Lipinski definition) is 0. The van der Waals surface area contributed by atoms with E-state index in [0.717, 1.165) is 10.00 Å². The van der Waals surface area contributed by atoms with Crippen LogP contribution in [0, 0.1) is 6.92 Å². The molecule has 1 saturated heterocycles. The summed E-state index contributed by atoms with van der Waals surface area (Å²) < 4.78 is 28.3. The molecule has 0 atom stereocenters. The third-order valence-electron chi connectivity index (χ3n) is 4.25. The van der Waals surface area contributed by atoms with Gasteiger partial charge in [-0.15, -0.1) is 0 Å². The Balaban J connectivity index is 2.16. The van der Waals surface area contributed by atoms with E-state index in [-0.39, 0.29) is 43.2 Å². The minimum atomic E-state index is -3.48. The Morgan fingerprint density at radius 1 is 1.17 bits per heavy atom. The number of piperazine rings is 1. The van der Waals surface area contributed by atoms with Crippen LogP contribution in [0.3, 0.4) is 0 Å². The minimum absolute atomic E-state index is 0.131. The van der Waals surface area contributed by atoms with Gasteiger partial charge in [-0.05, 0) is 26.0 Å². The minimum Gasteiger partial charge on any atom is -0.336 e. The zero-order valence-electron chi connectivity index (χ0n) is 14.5. The molecule has 0 unspecified atom stereocenters. The Hall–Kier alpha value is -1.71. The van der Waals surface area contributed by atoms with Gasteiger partial charge in [0.05, 0.1) is 0 Å². The second-order valence-electron chi connectivity index (χ2n) is 5.92. The highest BCUT2D eigenvalue weighted by molar-refractivity contribution is 7.86. The van der Waals surface area contributed by atoms with Gasteiger partial charge in [0.1, 0.15) is 5.56 Å². The van der Waals surface area contributed by atoms with Crippen LogP contribution in [0.15, 0.2) is 16.9 Å². The highest BCUT2D eigenvalue weighted by Crippen LogP contribution is 2.12. The molecule has 2 heterocycles. The van der Waals surface area contributed by atoms with Crippen LogP contribution >= 0.6 is 0 Å². The molecule has 1 aromatic heterocycles. The van der Waals surface area contributed by atoms with Gasteiger partial charge in [0.15, 0.2) is 0 Å². The summed E-state index contributed by atoms with van der Waals surface area (Å²) in [5, 5.41) is 0. The molecule has 1 aromatic rings. The van der Waals surface area contributed by atoms with Gasteiger partial charge in [-0.1, -0.05) is 0 Å². The summed E-state index contributed by atoms with van der Waals surface area (Å²) in [6.45, 7) is 5.16. The molecular formula is C15H24N4O4S. The Labute approximate surface area is 142 Å². The first-order valence-electron chi connectivity index (χ1n) is 7.87. The molecule has 1 aliphatic heterocycles. The first kappa shape index (κ1) is 18.6. The van der Waals surface area contributed by atoms with Crippen molar-refractivity contribution in [2.75, 3.05) is 40.3 Å². The fraction of sp³-hybridized carbons (Fsp3) is 0.600. The normalized spacial score (nSPS) is 16.6. The number of hydrogen-bond acceptors (Lipinski definition) is 4. The summed E-state index contributed by atoms with van der Waals surface area (Å²) >= 11 is 0. The van der Waals surface area contributed by atoms with Crippen LogP contribution in [-0.2, 0) is 16.8 Å². The van der Waals surface area contributed by atoms with Crippen LogP contribution < -0.4 is 5.56 Å². The van der Waals surface area contributed by atoms with Gasteiger partial charge in [-0.2, -0.15) is 17.0 Å². The lowest BCUT2D eigenvalue weighted by Crippen LogP contribution is -2.53. The Morgan fingerprint density at radius 3 is 2.25 bits per heavy atom. The molecule has 0 bridgehead atoms. The number of pyridine rings is 1. The maximum Gasteiger partial charge on any atom is 0.281 e. The van der Waals surface area contributed by atoms with E-state index in [2.05, 4.69) is 0 Å². The van der Waals surface area contributed by atoms with E-state index in [1.54, 1.807) is 16.7 Å². The average molecular weight is 356 g/mol. The molecular weight excluding hydrogens is 332 g/mol. The van der Waals surface area contributed by atoms with Crippen molar-refractivity contribution in [3.63, 3.8) is 0 Å². The number of carbonyl (C=O) groups is 1. The summed E-state index contributed by atoms with van der Waals surface area (Å²) in [5.41, 5.74) is 0.637. The quantitative estimate of drug-likeness (QED) is 0.744. The second-order valence-corrected chi connectivity index (χ2v) is 8.06. The molecule has 1 fully saturated rings. The van der Waals surface area contributed by atoms with Crippen molar-refractivity contribution in [3.8, 4) is 0 Å². The standard InChI is InChI=1S/C15H24N4O4S/c1-5-19-12(2)6-7-13(15(19)21)14(20)17-8-10-18(11-9-17)24(22,23)16(3)4/h6-7H,5,8-11H2,1-4H3. The van der Waals surface area contributed by atoms with E-state index < -0.39 is 10.2 Å². The third kappa shape index (κ3) is 3.38. The molecule has 1 amide bonds. The van der Waals surface area contributed by atoms with Crippen LogP contribution in [0.1, 0.15) is 23.0 Å². The number of aryl methyl sites for hydroxylation is 1. The van der Waals surface area contributed by atoms with Crippen molar-refractivity contribution in [1.82, 2.24) is 18.1 Å². The van der Waals surface area contributed by atoms with E-state index in [9.17, 15) is 18.0 Å². The predicted octanol–water partition coefficient (Wildman–Crippen LogP) is -0.259. The van der Waals surface area contributed by atoms with Gasteiger partial charge >= 0.3 is 0 Å². The van der Waals surface area contributed by atoms with Crippen LogP contribution in [-0.4, -0.2) is 72.7 Å². The van der Waals surface area contributed by atoms with Gasteiger partial charge in [0, 0.05) is 52.5 Å². The lowest BCUT2D eigenvalue weighted by molar-refractivity contribution is 0.0692. The SMILES string of the molecule is CCn1c(C)ccc(C(=O)N2CCN(S(=O)(=O)N(C)C)CC2)c1=O. The van der Waals surface area contributed by atoms with Crippen LogP contribution in [0.4, 0.5) is 0 Å². The molecule has 0 N–H and O–H groups in total. The maximum absolute atomic E-state index is 12.6. The van der Waals surface area contributed by atoms with Crippen LogP contribution in [0.2, 0.25) is 0 Å². The van der Waals surface area contributed by atoms with Gasteiger partial charge in [-0.3, -0.25) is 9.59 Å². The molecule has 8 nitrogen and oxygen atoms in total. The van der Waals surface area contributed by atoms with Crippen molar-refractivity contribution < 1.29 is 13.2 Å². The maximum atomic E-state index is 12.6. The van der Waals surface area contributed by atoms with E-state index in [1.165, 1.54) is 23.3 Å². The number of rotatable bonds is 4. The Bertz CT molecular complexity index is 777. The molecule has 9 heteroatoms. The summed E-state index contributed by atoms with van der Waals surface area (Å²) in [7, 11) is -0.518. The first-order chi connectivity index (χ1) is 11.2. The lowest BCUT2D eigenvalue weighted by Gasteiger charge is -2.35. The van der Waals surface area contributed by atoms with E-state index in [1.807, 2.05) is 13.8 Å². The van der Waals surface area contributed by atoms with Crippen molar-refractivity contribution in [3.05, 3.63) is 33.7 Å². The number of nitrogens with zero attached hydrogens (tertiary/aromatic N) is 4. The molecule has 134 valence electrons. The predicted molar refractivity (Wildman–Crippen MR) is 91.2 cm³/mol. The average Bonchev–Trinajstić information content (AvgIpc) is 2.55. The third-order valence-corrected chi connectivity index (χ3v) is 6.19. The largest absolute Gasteiger partial charge is 0.336 e. The van der Waals surface area contributed by atoms with Crippen molar-refractivity contribution in [2.45, 2.75) is 20.4 Å². The van der Waals surface area contributed by atoms with Crippen molar-refractivity contribution in [1.29, 1.82) is 0 Å². The van der Waals surface area contributed by atoms with Gasteiger partial charge < -0.3 is 9.47 Å². The fourth-order valence-electron chi connectivity index (χ4n) is 2.75. The van der Waals surface area contributed by atoms with Crippen molar-refractivity contribution >= 4 is 16.1 Å². The Morgan fingerprint density at radius 2 is 1.75 bits per heavy atom. The van der Waals surface area contributed by atoms with Crippen LogP contribution in [0.5, 0.6) is 0 Å². The van der Waals surface area contributed by atoms with E-state index in [4.69, 9.17) is 0 Å². The highest BCUT2D eigenvalue weighted by atomic mass is 32.2. The molecule has 0 radical (unpaired) electrons. The summed E-state index contributed by atoms with van der Waals surface area (Å²) in [5.74, 6) is -0.343. The number of carbonyl (C=O) groups excluding carboxylic acids is 1. The monoisotopic (exact) mass is 356 g/mol. The van der Waals surface area contributed by atoms with E-state index >= 15 is 0 Å². The summed E-state index contributed by atoms with van der Waals surface area (Å²) in [6.07, 6.45) is 0. The topological polar surface area (TPSA) is 82.9 Å². The fourth-order valence-corrected chi connectivity index (χ4v) is 3.84. The molecule has 0 spiro atoms. The van der Waals surface area contributed by atoms with E-state index in [0.29, 0.717) is 6.54 Å². The number of aromatic nitrogens is 1. The van der Waals surface area contributed by atoms with Crippen LogP contribution in [0.25, 0.3) is 0 Å². The first-order valence-corrected chi connectivity index (χ1v) is 9.27. The molecule has 0 aromatic carbocycles. The zero-order chi connectivity index (χ0) is 18.1.